The zero-order valence-electron chi connectivity index (χ0n) is 11.4. The second kappa shape index (κ2) is 5.14. The molecule has 0 amide bonds. The summed E-state index contributed by atoms with van der Waals surface area (Å²) < 4.78 is 12.4. The number of thiocarbonyl (C=S) groups is 1. The monoisotopic (exact) mass is 295 g/mol. The van der Waals surface area contributed by atoms with E-state index in [2.05, 4.69) is 4.98 Å². The van der Waals surface area contributed by atoms with Crippen LogP contribution >= 0.6 is 12.2 Å². The second-order valence-corrected chi connectivity index (χ2v) is 5.69. The Bertz CT molecular complexity index is 513. The summed E-state index contributed by atoms with van der Waals surface area (Å²) in [7, 11) is 3.35. The van der Waals surface area contributed by atoms with Crippen molar-refractivity contribution in [1.29, 1.82) is 0 Å². The first-order chi connectivity index (χ1) is 9.61. The van der Waals surface area contributed by atoms with Crippen LogP contribution in [0.5, 0.6) is 0 Å². The lowest BCUT2D eigenvalue weighted by Crippen LogP contribution is -2.66. The van der Waals surface area contributed by atoms with Crippen molar-refractivity contribution in [3.8, 4) is 0 Å². The molecule has 0 N–H and O–H groups in total. The Labute approximate surface area is 122 Å². The molecule has 1 aromatic rings. The highest BCUT2D eigenvalue weighted by Gasteiger charge is 2.54. The lowest BCUT2D eigenvalue weighted by atomic mass is 9.69. The molecule has 6 nitrogen and oxygen atoms in total. The maximum absolute atomic E-state index is 12.0. The molecule has 3 fully saturated rings. The highest BCUT2D eigenvalue weighted by molar-refractivity contribution is 7.80. The molecular formula is C13H17N3O3S. The Kier molecular flexibility index (Phi) is 3.47. The third-order valence-corrected chi connectivity index (χ3v) is 4.64. The van der Waals surface area contributed by atoms with Crippen LogP contribution in [-0.2, 0) is 14.3 Å². The van der Waals surface area contributed by atoms with Crippen LogP contribution in [0, 0.1) is 5.92 Å². The fourth-order valence-electron chi connectivity index (χ4n) is 3.07. The minimum atomic E-state index is -0.390. The van der Waals surface area contributed by atoms with Crippen molar-refractivity contribution in [2.75, 3.05) is 14.2 Å². The standard InChI is InChI=1S/C13H17N3O3S/c1-15-9-5-8(6-9)11(10(15)12(17)18-2)19-13(20)16-4-3-14-7-16/h3-4,7-11H,5-6H2,1-2H3. The van der Waals surface area contributed by atoms with Crippen molar-refractivity contribution in [2.24, 2.45) is 5.92 Å². The number of hydrogen-bond acceptors (Lipinski definition) is 6. The minimum Gasteiger partial charge on any atom is -0.468 e. The molecule has 0 spiro atoms. The Morgan fingerprint density at radius 1 is 1.45 bits per heavy atom. The molecule has 2 unspecified atom stereocenters. The summed E-state index contributed by atoms with van der Waals surface area (Å²) in [5.74, 6) is 0.0992. The van der Waals surface area contributed by atoms with Gasteiger partial charge in [-0.05, 0) is 32.1 Å². The summed E-state index contributed by atoms with van der Waals surface area (Å²) in [5, 5.41) is 0.320. The molecule has 2 bridgehead atoms. The Hall–Kier alpha value is -1.47. The van der Waals surface area contributed by atoms with Crippen LogP contribution in [0.4, 0.5) is 0 Å². The van der Waals surface area contributed by atoms with Gasteiger partial charge in [-0.25, -0.2) is 4.98 Å². The molecule has 4 rings (SSSR count). The highest BCUT2D eigenvalue weighted by atomic mass is 32.1. The average molecular weight is 295 g/mol. The predicted molar refractivity (Wildman–Crippen MR) is 75.2 cm³/mol. The maximum Gasteiger partial charge on any atom is 0.326 e. The van der Waals surface area contributed by atoms with E-state index in [0.29, 0.717) is 17.1 Å². The molecule has 0 aromatic carbocycles. The fourth-order valence-corrected chi connectivity index (χ4v) is 3.29. The Balaban J connectivity index is 1.78. The molecule has 3 aliphatic rings. The number of aromatic nitrogens is 2. The van der Waals surface area contributed by atoms with Gasteiger partial charge in [0, 0.05) is 24.4 Å². The zero-order valence-corrected chi connectivity index (χ0v) is 12.2. The van der Waals surface area contributed by atoms with E-state index >= 15 is 0 Å². The fraction of sp³-hybridized carbons (Fsp3) is 0.615. The van der Waals surface area contributed by atoms with Crippen LogP contribution < -0.4 is 0 Å². The molecule has 20 heavy (non-hydrogen) atoms. The first-order valence-electron chi connectivity index (χ1n) is 6.60. The van der Waals surface area contributed by atoms with Crippen LogP contribution in [0.3, 0.4) is 0 Å². The van der Waals surface area contributed by atoms with Gasteiger partial charge in [-0.1, -0.05) is 0 Å². The third-order valence-electron chi connectivity index (χ3n) is 4.33. The lowest BCUT2D eigenvalue weighted by Gasteiger charge is -2.54. The van der Waals surface area contributed by atoms with Crippen molar-refractivity contribution in [3.05, 3.63) is 18.7 Å². The largest absolute Gasteiger partial charge is 0.468 e. The van der Waals surface area contributed by atoms with Crippen LogP contribution in [0.1, 0.15) is 12.8 Å². The van der Waals surface area contributed by atoms with Gasteiger partial charge in [-0.2, -0.15) is 0 Å². The van der Waals surface area contributed by atoms with Crippen LogP contribution in [0.25, 0.3) is 0 Å². The van der Waals surface area contributed by atoms with Crippen LogP contribution in [0.2, 0.25) is 0 Å². The number of ether oxygens (including phenoxy) is 2. The van der Waals surface area contributed by atoms with Crippen LogP contribution in [0.15, 0.2) is 18.7 Å². The number of carbonyl (C=O) groups excluding carboxylic acids is 1. The normalized spacial score (nSPS) is 32.3. The van der Waals surface area contributed by atoms with Gasteiger partial charge in [0.1, 0.15) is 18.5 Å². The van der Waals surface area contributed by atoms with Gasteiger partial charge in [-0.15, -0.1) is 0 Å². The van der Waals surface area contributed by atoms with Gasteiger partial charge in [-0.3, -0.25) is 14.3 Å². The van der Waals surface area contributed by atoms with Crippen molar-refractivity contribution in [1.82, 2.24) is 14.5 Å². The Morgan fingerprint density at radius 3 is 2.80 bits per heavy atom. The molecule has 108 valence electrons. The average Bonchev–Trinajstić information content (AvgIpc) is 2.90. The summed E-state index contributed by atoms with van der Waals surface area (Å²) in [4.78, 5) is 18.0. The summed E-state index contributed by atoms with van der Waals surface area (Å²) in [5.41, 5.74) is 0. The second-order valence-electron chi connectivity index (χ2n) is 5.34. The van der Waals surface area contributed by atoms with Gasteiger partial charge in [0.25, 0.3) is 5.17 Å². The lowest BCUT2D eigenvalue weighted by molar-refractivity contribution is -0.168. The van der Waals surface area contributed by atoms with Crippen molar-refractivity contribution in [2.45, 2.75) is 31.0 Å². The predicted octanol–water partition coefficient (Wildman–Crippen LogP) is 0.667. The van der Waals surface area contributed by atoms with Crippen molar-refractivity contribution < 1.29 is 14.3 Å². The molecule has 1 aliphatic carbocycles. The number of methoxy groups -OCH3 is 1. The van der Waals surface area contributed by atoms with E-state index in [4.69, 9.17) is 21.7 Å². The summed E-state index contributed by atoms with van der Waals surface area (Å²) in [6.07, 6.45) is 6.78. The number of rotatable bonds is 2. The molecule has 1 aromatic heterocycles. The minimum absolute atomic E-state index is 0.257. The number of carbonyl (C=O) groups is 1. The van der Waals surface area contributed by atoms with E-state index in [-0.39, 0.29) is 18.1 Å². The van der Waals surface area contributed by atoms with Gasteiger partial charge < -0.3 is 9.47 Å². The number of hydrogen-bond donors (Lipinski definition) is 0. The third kappa shape index (κ3) is 2.10. The highest BCUT2D eigenvalue weighted by Crippen LogP contribution is 2.43. The first-order valence-corrected chi connectivity index (χ1v) is 7.01. The quantitative estimate of drug-likeness (QED) is 0.590. The number of likely N-dealkylation sites (N-methyl/N-ethyl adjacent to an activating group) is 1. The molecule has 1 saturated carbocycles. The maximum atomic E-state index is 12.0. The summed E-state index contributed by atoms with van der Waals surface area (Å²) >= 11 is 5.27. The molecule has 3 heterocycles. The van der Waals surface area contributed by atoms with Gasteiger partial charge >= 0.3 is 5.97 Å². The molecule has 2 aliphatic heterocycles. The van der Waals surface area contributed by atoms with Crippen LogP contribution in [-0.4, -0.2) is 57.9 Å². The number of imidazole rings is 1. The molecule has 2 saturated heterocycles. The number of fused-ring (bicyclic) bond motifs is 2. The van der Waals surface area contributed by atoms with E-state index < -0.39 is 0 Å². The zero-order chi connectivity index (χ0) is 14.3. The molecular weight excluding hydrogens is 278 g/mol. The van der Waals surface area contributed by atoms with E-state index in [1.807, 2.05) is 11.9 Å². The molecule has 7 heteroatoms. The Morgan fingerprint density at radius 2 is 2.20 bits per heavy atom. The summed E-state index contributed by atoms with van der Waals surface area (Å²) in [6, 6.07) is 0.0599. The summed E-state index contributed by atoms with van der Waals surface area (Å²) in [6.45, 7) is 0. The topological polar surface area (TPSA) is 56.6 Å². The van der Waals surface area contributed by atoms with Gasteiger partial charge in [0.15, 0.2) is 0 Å². The number of esters is 1. The molecule has 2 atom stereocenters. The van der Waals surface area contributed by atoms with Crippen molar-refractivity contribution >= 4 is 23.4 Å². The van der Waals surface area contributed by atoms with Gasteiger partial charge in [0.2, 0.25) is 0 Å². The SMILES string of the molecule is COC(=O)C1C(OC(=S)n2ccnc2)C2CC(C2)N1C. The first kappa shape index (κ1) is 13.5. The van der Waals surface area contributed by atoms with E-state index in [9.17, 15) is 4.79 Å². The molecule has 0 radical (unpaired) electrons. The number of nitrogens with zero attached hydrogens (tertiary/aromatic N) is 3. The van der Waals surface area contributed by atoms with Gasteiger partial charge in [0.05, 0.1) is 7.11 Å². The van der Waals surface area contributed by atoms with E-state index in [0.717, 1.165) is 12.8 Å². The van der Waals surface area contributed by atoms with E-state index in [1.54, 1.807) is 23.3 Å². The van der Waals surface area contributed by atoms with E-state index in [1.165, 1.54) is 7.11 Å². The number of piperidine rings is 2. The smallest absolute Gasteiger partial charge is 0.326 e. The van der Waals surface area contributed by atoms with Crippen molar-refractivity contribution in [3.63, 3.8) is 0 Å².